The van der Waals surface area contributed by atoms with Crippen molar-refractivity contribution in [3.63, 3.8) is 0 Å². The van der Waals surface area contributed by atoms with Crippen molar-refractivity contribution in [2.75, 3.05) is 0 Å². The van der Waals surface area contributed by atoms with Crippen LogP contribution < -0.4 is 4.74 Å². The molecule has 1 nitrogen and oxygen atoms in total. The predicted octanol–water partition coefficient (Wildman–Crippen LogP) is 5.60. The fourth-order valence-corrected chi connectivity index (χ4v) is 2.43. The van der Waals surface area contributed by atoms with Gasteiger partial charge in [-0.05, 0) is 59.9 Å². The zero-order chi connectivity index (χ0) is 14.7. The Morgan fingerprint density at radius 3 is 2.60 bits per heavy atom. The summed E-state index contributed by atoms with van der Waals surface area (Å²) >= 11 is 3.48. The highest BCUT2D eigenvalue weighted by molar-refractivity contribution is 9.10. The second kappa shape index (κ2) is 6.40. The topological polar surface area (TPSA) is 9.23 Å². The van der Waals surface area contributed by atoms with Crippen LogP contribution in [0.1, 0.15) is 36.5 Å². The molecule has 20 heavy (non-hydrogen) atoms. The first-order valence-corrected chi connectivity index (χ1v) is 7.44. The summed E-state index contributed by atoms with van der Waals surface area (Å²) < 4.78 is 20.2. The molecule has 0 bridgehead atoms. The van der Waals surface area contributed by atoms with E-state index in [9.17, 15) is 4.39 Å². The third-order valence-electron chi connectivity index (χ3n) is 3.29. The maximum atomic E-state index is 13.3. The number of hydrogen-bond donors (Lipinski definition) is 0. The zero-order valence-corrected chi connectivity index (χ0v) is 13.5. The van der Waals surface area contributed by atoms with Gasteiger partial charge >= 0.3 is 0 Å². The summed E-state index contributed by atoms with van der Waals surface area (Å²) in [6, 6.07) is 10.8. The molecule has 0 spiro atoms. The molecule has 0 amide bonds. The van der Waals surface area contributed by atoms with E-state index in [0.717, 1.165) is 26.9 Å². The smallest absolute Gasteiger partial charge is 0.123 e. The van der Waals surface area contributed by atoms with Gasteiger partial charge in [-0.3, -0.25) is 0 Å². The quantitative estimate of drug-likeness (QED) is 0.706. The zero-order valence-electron chi connectivity index (χ0n) is 11.9. The molecule has 0 atom stereocenters. The van der Waals surface area contributed by atoms with Gasteiger partial charge in [0.15, 0.2) is 0 Å². The third kappa shape index (κ3) is 3.60. The third-order valence-corrected chi connectivity index (χ3v) is 3.78. The van der Waals surface area contributed by atoms with E-state index < -0.39 is 0 Å². The van der Waals surface area contributed by atoms with Gasteiger partial charge in [-0.1, -0.05) is 35.8 Å². The summed E-state index contributed by atoms with van der Waals surface area (Å²) in [6.07, 6.45) is 0. The first-order chi connectivity index (χ1) is 9.47. The standard InChI is InChI=1S/C17H18BrFO/c1-11(2)16-9-14(18)5-7-17(16)20-10-13-8-15(19)6-4-12(13)3/h4-9,11H,10H2,1-3H3. The molecule has 0 saturated carbocycles. The summed E-state index contributed by atoms with van der Waals surface area (Å²) in [5, 5.41) is 0. The average molecular weight is 337 g/mol. The SMILES string of the molecule is Cc1ccc(F)cc1COc1ccc(Br)cc1C(C)C. The summed E-state index contributed by atoms with van der Waals surface area (Å²) in [5.41, 5.74) is 3.06. The Bertz CT molecular complexity index is 608. The number of halogens is 2. The van der Waals surface area contributed by atoms with E-state index in [-0.39, 0.29) is 5.82 Å². The van der Waals surface area contributed by atoms with E-state index in [0.29, 0.717) is 12.5 Å². The highest BCUT2D eigenvalue weighted by atomic mass is 79.9. The molecule has 0 aliphatic rings. The molecule has 0 saturated heterocycles. The molecule has 0 aliphatic heterocycles. The second-order valence-electron chi connectivity index (χ2n) is 5.20. The Balaban J connectivity index is 2.20. The molecular weight excluding hydrogens is 319 g/mol. The van der Waals surface area contributed by atoms with Crippen LogP contribution in [0.5, 0.6) is 5.75 Å². The van der Waals surface area contributed by atoms with Crippen molar-refractivity contribution in [3.05, 3.63) is 63.4 Å². The van der Waals surface area contributed by atoms with Gasteiger partial charge < -0.3 is 4.74 Å². The van der Waals surface area contributed by atoms with Crippen molar-refractivity contribution in [1.82, 2.24) is 0 Å². The highest BCUT2D eigenvalue weighted by Gasteiger charge is 2.09. The molecule has 2 aromatic rings. The molecule has 0 aromatic heterocycles. The van der Waals surface area contributed by atoms with Crippen molar-refractivity contribution in [2.45, 2.75) is 33.3 Å². The van der Waals surface area contributed by atoms with Gasteiger partial charge in [0.2, 0.25) is 0 Å². The van der Waals surface area contributed by atoms with E-state index in [2.05, 4.69) is 35.8 Å². The van der Waals surface area contributed by atoms with Gasteiger partial charge in [-0.25, -0.2) is 4.39 Å². The van der Waals surface area contributed by atoms with E-state index in [1.807, 2.05) is 19.1 Å². The van der Waals surface area contributed by atoms with Crippen LogP contribution in [-0.2, 0) is 6.61 Å². The van der Waals surface area contributed by atoms with Crippen molar-refractivity contribution in [3.8, 4) is 5.75 Å². The van der Waals surface area contributed by atoms with Crippen LogP contribution in [0.3, 0.4) is 0 Å². The molecule has 106 valence electrons. The lowest BCUT2D eigenvalue weighted by molar-refractivity contribution is 0.300. The number of benzene rings is 2. The van der Waals surface area contributed by atoms with E-state index >= 15 is 0 Å². The Morgan fingerprint density at radius 2 is 1.90 bits per heavy atom. The van der Waals surface area contributed by atoms with Crippen LogP contribution in [0.15, 0.2) is 40.9 Å². The normalized spacial score (nSPS) is 10.9. The van der Waals surface area contributed by atoms with Gasteiger partial charge in [-0.15, -0.1) is 0 Å². The monoisotopic (exact) mass is 336 g/mol. The van der Waals surface area contributed by atoms with Crippen molar-refractivity contribution in [1.29, 1.82) is 0 Å². The summed E-state index contributed by atoms with van der Waals surface area (Å²) in [5.74, 6) is 0.997. The molecular formula is C17H18BrFO. The van der Waals surface area contributed by atoms with Crippen LogP contribution in [-0.4, -0.2) is 0 Å². The average Bonchev–Trinajstić information content (AvgIpc) is 2.40. The lowest BCUT2D eigenvalue weighted by atomic mass is 10.0. The molecule has 3 heteroatoms. The summed E-state index contributed by atoms with van der Waals surface area (Å²) in [6.45, 7) is 6.60. The maximum Gasteiger partial charge on any atom is 0.123 e. The fraction of sp³-hybridized carbons (Fsp3) is 0.294. The van der Waals surface area contributed by atoms with Gasteiger partial charge in [0.1, 0.15) is 18.2 Å². The van der Waals surface area contributed by atoms with Crippen molar-refractivity contribution >= 4 is 15.9 Å². The van der Waals surface area contributed by atoms with E-state index in [1.165, 1.54) is 12.1 Å². The molecule has 2 rings (SSSR count). The number of aryl methyl sites for hydroxylation is 1. The van der Waals surface area contributed by atoms with Gasteiger partial charge in [0.25, 0.3) is 0 Å². The van der Waals surface area contributed by atoms with Crippen molar-refractivity contribution < 1.29 is 9.13 Å². The first-order valence-electron chi connectivity index (χ1n) is 6.64. The highest BCUT2D eigenvalue weighted by Crippen LogP contribution is 2.30. The van der Waals surface area contributed by atoms with E-state index in [1.54, 1.807) is 6.07 Å². The maximum absolute atomic E-state index is 13.3. The van der Waals surface area contributed by atoms with Crippen LogP contribution >= 0.6 is 15.9 Å². The van der Waals surface area contributed by atoms with Gasteiger partial charge in [0.05, 0.1) is 0 Å². The Hall–Kier alpha value is -1.35. The minimum absolute atomic E-state index is 0.228. The second-order valence-corrected chi connectivity index (χ2v) is 6.11. The molecule has 2 aromatic carbocycles. The fourth-order valence-electron chi connectivity index (χ4n) is 2.05. The molecule has 0 aliphatic carbocycles. The van der Waals surface area contributed by atoms with Crippen molar-refractivity contribution in [2.24, 2.45) is 0 Å². The number of hydrogen-bond acceptors (Lipinski definition) is 1. The predicted molar refractivity (Wildman–Crippen MR) is 83.7 cm³/mol. The lowest BCUT2D eigenvalue weighted by Gasteiger charge is -2.15. The minimum atomic E-state index is -0.228. The first kappa shape index (κ1) is 15.0. The van der Waals surface area contributed by atoms with Crippen LogP contribution in [0, 0.1) is 12.7 Å². The van der Waals surface area contributed by atoms with Crippen LogP contribution in [0.4, 0.5) is 4.39 Å². The minimum Gasteiger partial charge on any atom is -0.489 e. The Kier molecular flexibility index (Phi) is 4.81. The number of ether oxygens (including phenoxy) is 1. The van der Waals surface area contributed by atoms with Gasteiger partial charge in [-0.2, -0.15) is 0 Å². The van der Waals surface area contributed by atoms with Gasteiger partial charge in [0, 0.05) is 4.47 Å². The summed E-state index contributed by atoms with van der Waals surface area (Å²) in [7, 11) is 0. The van der Waals surface area contributed by atoms with E-state index in [4.69, 9.17) is 4.74 Å². The molecule has 0 heterocycles. The van der Waals surface area contributed by atoms with Crippen LogP contribution in [0.25, 0.3) is 0 Å². The largest absolute Gasteiger partial charge is 0.489 e. The molecule has 0 unspecified atom stereocenters. The molecule has 0 radical (unpaired) electrons. The molecule has 0 fully saturated rings. The number of rotatable bonds is 4. The van der Waals surface area contributed by atoms with Crippen LogP contribution in [0.2, 0.25) is 0 Å². The Labute approximate surface area is 127 Å². The lowest BCUT2D eigenvalue weighted by Crippen LogP contribution is -2.02. The Morgan fingerprint density at radius 1 is 1.15 bits per heavy atom. The molecule has 0 N–H and O–H groups in total. The summed E-state index contributed by atoms with van der Waals surface area (Å²) in [4.78, 5) is 0.